The van der Waals surface area contributed by atoms with Crippen molar-refractivity contribution in [2.75, 3.05) is 37.7 Å². The van der Waals surface area contributed by atoms with Crippen LogP contribution in [0.4, 0.5) is 9.93 Å². The summed E-state index contributed by atoms with van der Waals surface area (Å²) in [5.41, 5.74) is 2.59. The van der Waals surface area contributed by atoms with E-state index in [-0.39, 0.29) is 29.4 Å². The van der Waals surface area contributed by atoms with Gasteiger partial charge in [-0.05, 0) is 64.8 Å². The molecule has 3 amide bonds. The highest BCUT2D eigenvalue weighted by Crippen LogP contribution is 2.35. The summed E-state index contributed by atoms with van der Waals surface area (Å²) in [5, 5.41) is 14.6. The summed E-state index contributed by atoms with van der Waals surface area (Å²) in [7, 11) is 0. The Morgan fingerprint density at radius 1 is 1.26 bits per heavy atom. The first-order chi connectivity index (χ1) is 19.8. The Kier molecular flexibility index (Phi) is 6.96. The van der Waals surface area contributed by atoms with Gasteiger partial charge < -0.3 is 29.9 Å². The molecule has 3 aromatic rings. The van der Waals surface area contributed by atoms with Crippen molar-refractivity contribution in [2.45, 2.75) is 70.6 Å². The van der Waals surface area contributed by atoms with Crippen LogP contribution in [0, 0.1) is 0 Å². The molecule has 2 aromatic heterocycles. The van der Waals surface area contributed by atoms with Crippen LogP contribution in [0.2, 0.25) is 0 Å². The monoisotopic (exact) mass is 594 g/mol. The lowest BCUT2D eigenvalue weighted by molar-refractivity contribution is -0.00108. The number of morpholine rings is 1. The van der Waals surface area contributed by atoms with Crippen LogP contribution in [0.25, 0.3) is 10.9 Å². The number of hydrogen-bond donors (Lipinski definition) is 3. The van der Waals surface area contributed by atoms with Crippen molar-refractivity contribution in [1.29, 1.82) is 0 Å². The molecule has 3 aliphatic rings. The molecule has 0 spiro atoms. The van der Waals surface area contributed by atoms with E-state index >= 15 is 0 Å². The highest BCUT2D eigenvalue weighted by atomic mass is 32.1. The van der Waals surface area contributed by atoms with Gasteiger partial charge >= 0.3 is 6.09 Å². The van der Waals surface area contributed by atoms with E-state index in [0.717, 1.165) is 27.3 Å². The summed E-state index contributed by atoms with van der Waals surface area (Å²) in [6, 6.07) is 5.48. The zero-order valence-electron chi connectivity index (χ0n) is 24.7. The van der Waals surface area contributed by atoms with Crippen LogP contribution >= 0.6 is 11.3 Å². The van der Waals surface area contributed by atoms with Gasteiger partial charge in [-0.2, -0.15) is 0 Å². The number of hydrogen-bond acceptors (Lipinski definition) is 7. The van der Waals surface area contributed by atoms with Crippen molar-refractivity contribution in [3.05, 3.63) is 46.1 Å². The molecule has 1 aromatic carbocycles. The largest absolute Gasteiger partial charge is 0.465 e. The van der Waals surface area contributed by atoms with Gasteiger partial charge in [0.2, 0.25) is 0 Å². The van der Waals surface area contributed by atoms with Gasteiger partial charge in [0.15, 0.2) is 5.13 Å². The molecule has 0 radical (unpaired) electrons. The predicted octanol–water partition coefficient (Wildman–Crippen LogP) is 3.74. The summed E-state index contributed by atoms with van der Waals surface area (Å²) in [4.78, 5) is 52.3. The number of nitrogens with one attached hydrogen (secondary N) is 2. The van der Waals surface area contributed by atoms with Crippen LogP contribution in [0.3, 0.4) is 0 Å². The van der Waals surface area contributed by atoms with Crippen LogP contribution in [0.1, 0.15) is 65.9 Å². The molecule has 2 fully saturated rings. The average Bonchev–Trinajstić information content (AvgIpc) is 3.48. The molecule has 3 N–H and O–H groups in total. The van der Waals surface area contributed by atoms with Crippen molar-refractivity contribution in [2.24, 2.45) is 0 Å². The molecule has 42 heavy (non-hydrogen) atoms. The number of aromatic nitrogens is 2. The third-order valence-corrected chi connectivity index (χ3v) is 9.47. The van der Waals surface area contributed by atoms with Crippen molar-refractivity contribution in [3.8, 4) is 0 Å². The normalized spacial score (nSPS) is 20.7. The smallest absolute Gasteiger partial charge is 0.408 e. The lowest BCUT2D eigenvalue weighted by Crippen LogP contribution is -2.66. The minimum atomic E-state index is -0.969. The van der Waals surface area contributed by atoms with E-state index in [4.69, 9.17) is 9.72 Å². The van der Waals surface area contributed by atoms with Crippen molar-refractivity contribution in [1.82, 2.24) is 25.1 Å². The number of likely N-dealkylation sites (tertiary alicyclic amines) is 1. The minimum Gasteiger partial charge on any atom is -0.465 e. The van der Waals surface area contributed by atoms with Crippen LogP contribution in [-0.4, -0.2) is 98.8 Å². The summed E-state index contributed by atoms with van der Waals surface area (Å²) < 4.78 is 5.88. The molecule has 12 heteroatoms. The number of carbonyl (C=O) groups is 3. The van der Waals surface area contributed by atoms with Gasteiger partial charge in [0.1, 0.15) is 4.88 Å². The highest BCUT2D eigenvalue weighted by molar-refractivity contribution is 7.17. The molecule has 224 valence electrons. The lowest BCUT2D eigenvalue weighted by Gasteiger charge is -2.49. The standard InChI is InChI=1S/C30H38N6O5S/c1-29(2,3)36(28(39)40)20-14-34(15-20)26(38)17-6-7-22-21(11-17)18(13-31-22)10-19-16-41-9-8-35(19)27-32-23-12-30(4,5)33-25(37)24(23)42-27/h6-7,11,13,19-20,31H,8-10,12,14-16H2,1-5H3,(H,33,37)(H,39,40)/t19-/m0/s1. The number of ether oxygens (including phenoxy) is 1. The molecule has 2 saturated heterocycles. The molecular weight excluding hydrogens is 556 g/mol. The van der Waals surface area contributed by atoms with Gasteiger partial charge in [-0.15, -0.1) is 0 Å². The second-order valence-corrected chi connectivity index (χ2v) is 14.2. The number of amides is 3. The fourth-order valence-electron chi connectivity index (χ4n) is 6.35. The van der Waals surface area contributed by atoms with Crippen molar-refractivity contribution < 1.29 is 24.2 Å². The van der Waals surface area contributed by atoms with Gasteiger partial charge in [0.05, 0.1) is 31.0 Å². The number of benzene rings is 1. The molecule has 1 atom stereocenters. The van der Waals surface area contributed by atoms with Crippen LogP contribution in [-0.2, 0) is 17.6 Å². The highest BCUT2D eigenvalue weighted by Gasteiger charge is 2.42. The number of carboxylic acid groups (broad SMARTS) is 1. The van der Waals surface area contributed by atoms with E-state index < -0.39 is 11.6 Å². The average molecular weight is 595 g/mol. The maximum absolute atomic E-state index is 13.4. The maximum atomic E-state index is 13.4. The lowest BCUT2D eigenvalue weighted by atomic mass is 9.94. The number of nitrogens with zero attached hydrogens (tertiary/aromatic N) is 4. The summed E-state index contributed by atoms with van der Waals surface area (Å²) in [6.45, 7) is 12.2. The van der Waals surface area contributed by atoms with Crippen LogP contribution in [0.15, 0.2) is 24.4 Å². The molecule has 0 bridgehead atoms. The van der Waals surface area contributed by atoms with Gasteiger partial charge in [0.25, 0.3) is 11.8 Å². The second kappa shape index (κ2) is 10.3. The molecular formula is C30H38N6O5S. The first-order valence-electron chi connectivity index (χ1n) is 14.4. The molecule has 5 heterocycles. The van der Waals surface area contributed by atoms with Crippen molar-refractivity contribution in [3.63, 3.8) is 0 Å². The van der Waals surface area contributed by atoms with Gasteiger partial charge in [-0.1, -0.05) is 11.3 Å². The van der Waals surface area contributed by atoms with Gasteiger partial charge in [-0.25, -0.2) is 9.78 Å². The van der Waals surface area contributed by atoms with Gasteiger partial charge in [-0.3, -0.25) is 14.5 Å². The van der Waals surface area contributed by atoms with Crippen molar-refractivity contribution >= 4 is 45.3 Å². The third-order valence-electron chi connectivity index (χ3n) is 8.34. The Morgan fingerprint density at radius 2 is 2.02 bits per heavy atom. The topological polar surface area (TPSA) is 131 Å². The van der Waals surface area contributed by atoms with E-state index in [2.05, 4.69) is 15.2 Å². The van der Waals surface area contributed by atoms with Crippen LogP contribution in [0.5, 0.6) is 0 Å². The number of aromatic amines is 1. The molecule has 11 nitrogen and oxygen atoms in total. The minimum absolute atomic E-state index is 0.0244. The fraction of sp³-hybridized carbons (Fsp3) is 0.533. The molecule has 0 saturated carbocycles. The maximum Gasteiger partial charge on any atom is 0.408 e. The van der Waals surface area contributed by atoms with E-state index in [9.17, 15) is 19.5 Å². The number of anilines is 1. The third kappa shape index (κ3) is 5.22. The zero-order valence-corrected chi connectivity index (χ0v) is 25.5. The summed E-state index contributed by atoms with van der Waals surface area (Å²) >= 11 is 1.44. The van der Waals surface area contributed by atoms with Gasteiger partial charge in [0, 0.05) is 59.8 Å². The van der Waals surface area contributed by atoms with E-state index in [0.29, 0.717) is 56.1 Å². The van der Waals surface area contributed by atoms with E-state index in [1.54, 1.807) is 4.90 Å². The summed E-state index contributed by atoms with van der Waals surface area (Å²) in [6.07, 6.45) is 2.40. The zero-order chi connectivity index (χ0) is 30.0. The van der Waals surface area contributed by atoms with E-state index in [1.807, 2.05) is 59.0 Å². The first kappa shape index (κ1) is 28.5. The number of carbonyl (C=O) groups excluding carboxylic acids is 2. The molecule has 3 aliphatic heterocycles. The number of rotatable bonds is 5. The number of thiazole rings is 1. The number of H-pyrrole nitrogens is 1. The fourth-order valence-corrected chi connectivity index (χ4v) is 7.43. The Balaban J connectivity index is 1.19. The number of fused-ring (bicyclic) bond motifs is 2. The molecule has 0 unspecified atom stereocenters. The SMILES string of the molecule is CC1(C)Cc2nc(N3CCOC[C@@H]3Cc3c[nH]c4ccc(C(=O)N5CC(N(C(=O)O)C(C)(C)C)C5)cc34)sc2C(=O)N1. The van der Waals surface area contributed by atoms with E-state index in [1.165, 1.54) is 16.2 Å². The Hall–Kier alpha value is -3.64. The Bertz CT molecular complexity index is 1550. The Morgan fingerprint density at radius 3 is 2.74 bits per heavy atom. The molecule has 6 rings (SSSR count). The predicted molar refractivity (Wildman–Crippen MR) is 161 cm³/mol. The quantitative estimate of drug-likeness (QED) is 0.410. The summed E-state index contributed by atoms with van der Waals surface area (Å²) in [5.74, 6) is -0.164. The van der Waals surface area contributed by atoms with Crippen LogP contribution < -0.4 is 10.2 Å². The Labute approximate surface area is 248 Å². The first-order valence-corrected chi connectivity index (χ1v) is 15.2. The molecule has 0 aliphatic carbocycles. The second-order valence-electron chi connectivity index (χ2n) is 13.2.